The number of esters is 1. The summed E-state index contributed by atoms with van der Waals surface area (Å²) in [7, 11) is 2.60. The molecule has 1 atom stereocenters. The number of aromatic nitrogens is 1. The lowest BCUT2D eigenvalue weighted by atomic mass is 10.1. The number of hydrogen-bond acceptors (Lipinski definition) is 5. The first kappa shape index (κ1) is 15.1. The Labute approximate surface area is 122 Å². The van der Waals surface area contributed by atoms with E-state index in [4.69, 9.17) is 14.2 Å². The molecular formula is C15H17NO5. The van der Waals surface area contributed by atoms with Crippen LogP contribution >= 0.6 is 0 Å². The van der Waals surface area contributed by atoms with E-state index in [2.05, 4.69) is 0 Å². The molecule has 112 valence electrons. The number of hydrogen-bond donors (Lipinski definition) is 0. The van der Waals surface area contributed by atoms with Gasteiger partial charge in [0.1, 0.15) is 0 Å². The van der Waals surface area contributed by atoms with Crippen LogP contribution in [0.5, 0.6) is 0 Å². The van der Waals surface area contributed by atoms with E-state index in [0.29, 0.717) is 17.7 Å². The third kappa shape index (κ3) is 2.75. The van der Waals surface area contributed by atoms with E-state index in [0.717, 1.165) is 5.39 Å². The molecule has 1 heterocycles. The number of nitrogens with zero attached hydrogens (tertiary/aromatic N) is 1. The summed E-state index contributed by atoms with van der Waals surface area (Å²) in [6, 6.07) is 7.22. The lowest BCUT2D eigenvalue weighted by Crippen LogP contribution is -2.17. The van der Waals surface area contributed by atoms with Crippen LogP contribution in [0.2, 0.25) is 0 Å². The van der Waals surface area contributed by atoms with Crippen molar-refractivity contribution in [2.24, 2.45) is 0 Å². The normalized spacial score (nSPS) is 12.1. The molecule has 21 heavy (non-hydrogen) atoms. The monoisotopic (exact) mass is 291 g/mol. The maximum Gasteiger partial charge on any atom is 0.418 e. The molecule has 0 N–H and O–H groups in total. The average molecular weight is 291 g/mol. The highest BCUT2D eigenvalue weighted by Gasteiger charge is 2.27. The highest BCUT2D eigenvalue weighted by Crippen LogP contribution is 2.29. The SMILES string of the molecule is CCOC(C(=O)OC)c1cn(C(=O)OC)c2ccccc12. The smallest absolute Gasteiger partial charge is 0.418 e. The number of rotatable bonds is 4. The average Bonchev–Trinajstić information content (AvgIpc) is 2.90. The molecule has 6 heteroatoms. The van der Waals surface area contributed by atoms with Crippen molar-refractivity contribution in [3.8, 4) is 0 Å². The standard InChI is InChI=1S/C15H17NO5/c1-4-21-13(14(17)19-2)11-9-16(15(18)20-3)12-8-6-5-7-10(11)12/h5-9,13H,4H2,1-3H3. The van der Waals surface area contributed by atoms with E-state index in [1.807, 2.05) is 12.1 Å². The number of fused-ring (bicyclic) bond motifs is 1. The van der Waals surface area contributed by atoms with Crippen LogP contribution in [0.25, 0.3) is 10.9 Å². The van der Waals surface area contributed by atoms with E-state index in [-0.39, 0.29) is 0 Å². The van der Waals surface area contributed by atoms with Gasteiger partial charge in [-0.15, -0.1) is 0 Å². The predicted molar refractivity (Wildman–Crippen MR) is 76.1 cm³/mol. The van der Waals surface area contributed by atoms with E-state index in [9.17, 15) is 9.59 Å². The number of para-hydroxylation sites is 1. The zero-order chi connectivity index (χ0) is 15.4. The van der Waals surface area contributed by atoms with Crippen LogP contribution in [-0.2, 0) is 19.0 Å². The van der Waals surface area contributed by atoms with Crippen molar-refractivity contribution in [2.45, 2.75) is 13.0 Å². The summed E-state index contributed by atoms with van der Waals surface area (Å²) >= 11 is 0. The molecule has 0 aliphatic rings. The van der Waals surface area contributed by atoms with Crippen LogP contribution in [0.15, 0.2) is 30.5 Å². The molecule has 0 aliphatic heterocycles. The Morgan fingerprint density at radius 2 is 1.90 bits per heavy atom. The Hall–Kier alpha value is -2.34. The molecule has 2 rings (SSSR count). The summed E-state index contributed by atoms with van der Waals surface area (Å²) in [6.07, 6.45) is 0.140. The Morgan fingerprint density at radius 1 is 1.19 bits per heavy atom. The zero-order valence-electron chi connectivity index (χ0n) is 12.2. The van der Waals surface area contributed by atoms with Crippen molar-refractivity contribution < 1.29 is 23.8 Å². The quantitative estimate of drug-likeness (QED) is 0.810. The van der Waals surface area contributed by atoms with Crippen LogP contribution < -0.4 is 0 Å². The second-order valence-electron chi connectivity index (χ2n) is 4.30. The van der Waals surface area contributed by atoms with Crippen molar-refractivity contribution in [3.63, 3.8) is 0 Å². The summed E-state index contributed by atoms with van der Waals surface area (Å²) < 4.78 is 16.3. The van der Waals surface area contributed by atoms with Gasteiger partial charge in [-0.05, 0) is 13.0 Å². The number of carbonyl (C=O) groups is 2. The molecule has 0 aliphatic carbocycles. The molecule has 2 aromatic rings. The first-order chi connectivity index (χ1) is 10.1. The number of benzene rings is 1. The van der Waals surface area contributed by atoms with E-state index in [1.165, 1.54) is 18.8 Å². The number of carbonyl (C=O) groups excluding carboxylic acids is 2. The summed E-state index contributed by atoms with van der Waals surface area (Å²) in [6.45, 7) is 2.13. The fourth-order valence-electron chi connectivity index (χ4n) is 2.22. The zero-order valence-corrected chi connectivity index (χ0v) is 12.2. The van der Waals surface area contributed by atoms with Gasteiger partial charge in [-0.1, -0.05) is 18.2 Å². The van der Waals surface area contributed by atoms with Gasteiger partial charge >= 0.3 is 12.1 Å². The Bertz CT molecular complexity index is 661. The topological polar surface area (TPSA) is 66.8 Å². The molecular weight excluding hydrogens is 274 g/mol. The molecule has 0 bridgehead atoms. The second-order valence-corrected chi connectivity index (χ2v) is 4.30. The van der Waals surface area contributed by atoms with Crippen molar-refractivity contribution in [1.29, 1.82) is 0 Å². The van der Waals surface area contributed by atoms with Gasteiger partial charge in [-0.2, -0.15) is 0 Å². The molecule has 0 saturated carbocycles. The minimum Gasteiger partial charge on any atom is -0.467 e. The van der Waals surface area contributed by atoms with Crippen molar-refractivity contribution in [2.75, 3.05) is 20.8 Å². The third-order valence-corrected chi connectivity index (χ3v) is 3.15. The van der Waals surface area contributed by atoms with Crippen molar-refractivity contribution >= 4 is 23.0 Å². The summed E-state index contributed by atoms with van der Waals surface area (Å²) in [5, 5.41) is 0.742. The molecule has 0 radical (unpaired) electrons. The number of ether oxygens (including phenoxy) is 3. The third-order valence-electron chi connectivity index (χ3n) is 3.15. The van der Waals surface area contributed by atoms with Crippen LogP contribution in [0, 0.1) is 0 Å². The fourth-order valence-corrected chi connectivity index (χ4v) is 2.22. The van der Waals surface area contributed by atoms with Gasteiger partial charge in [-0.3, -0.25) is 4.57 Å². The Balaban J connectivity index is 2.62. The number of methoxy groups -OCH3 is 2. The first-order valence-electron chi connectivity index (χ1n) is 6.51. The van der Waals surface area contributed by atoms with Crippen LogP contribution in [0.4, 0.5) is 4.79 Å². The maximum atomic E-state index is 11.9. The van der Waals surface area contributed by atoms with E-state index < -0.39 is 18.2 Å². The van der Waals surface area contributed by atoms with Gasteiger partial charge in [0.25, 0.3) is 0 Å². The highest BCUT2D eigenvalue weighted by atomic mass is 16.6. The molecule has 1 aromatic heterocycles. The molecule has 0 spiro atoms. The van der Waals surface area contributed by atoms with Gasteiger partial charge in [0.2, 0.25) is 0 Å². The molecule has 6 nitrogen and oxygen atoms in total. The van der Waals surface area contributed by atoms with Crippen LogP contribution in [-0.4, -0.2) is 37.5 Å². The van der Waals surface area contributed by atoms with Gasteiger partial charge < -0.3 is 14.2 Å². The molecule has 0 saturated heterocycles. The molecule has 1 unspecified atom stereocenters. The van der Waals surface area contributed by atoms with Gasteiger partial charge in [-0.25, -0.2) is 9.59 Å². The van der Waals surface area contributed by atoms with Crippen LogP contribution in [0.3, 0.4) is 0 Å². The maximum absolute atomic E-state index is 11.9. The largest absolute Gasteiger partial charge is 0.467 e. The van der Waals surface area contributed by atoms with Crippen LogP contribution in [0.1, 0.15) is 18.6 Å². The first-order valence-corrected chi connectivity index (χ1v) is 6.51. The van der Waals surface area contributed by atoms with Crippen molar-refractivity contribution in [3.05, 3.63) is 36.0 Å². The lowest BCUT2D eigenvalue weighted by Gasteiger charge is -2.13. The summed E-state index contributed by atoms with van der Waals surface area (Å²) in [4.78, 5) is 23.8. The van der Waals surface area contributed by atoms with Gasteiger partial charge in [0.15, 0.2) is 6.10 Å². The van der Waals surface area contributed by atoms with Crippen molar-refractivity contribution in [1.82, 2.24) is 4.57 Å². The predicted octanol–water partition coefficient (Wildman–Crippen LogP) is 2.51. The van der Waals surface area contributed by atoms with Gasteiger partial charge in [0, 0.05) is 23.8 Å². The highest BCUT2D eigenvalue weighted by molar-refractivity contribution is 5.94. The second kappa shape index (κ2) is 6.41. The molecule has 0 amide bonds. The van der Waals surface area contributed by atoms with E-state index >= 15 is 0 Å². The van der Waals surface area contributed by atoms with E-state index in [1.54, 1.807) is 25.3 Å². The van der Waals surface area contributed by atoms with Gasteiger partial charge in [0.05, 0.1) is 19.7 Å². The summed E-state index contributed by atoms with van der Waals surface area (Å²) in [5.41, 5.74) is 1.22. The molecule has 1 aromatic carbocycles. The fraction of sp³-hybridized carbons (Fsp3) is 0.333. The Morgan fingerprint density at radius 3 is 2.52 bits per heavy atom. The Kier molecular flexibility index (Phi) is 4.59. The summed E-state index contributed by atoms with van der Waals surface area (Å²) in [5.74, 6) is -0.510. The minimum atomic E-state index is -0.879. The minimum absolute atomic E-state index is 0.345. The molecule has 0 fully saturated rings. The lowest BCUT2D eigenvalue weighted by molar-refractivity contribution is -0.154.